The molecule has 1 saturated heterocycles. The van der Waals surface area contributed by atoms with Crippen molar-refractivity contribution >= 4 is 29.9 Å². The van der Waals surface area contributed by atoms with Crippen molar-refractivity contribution in [2.75, 3.05) is 26.3 Å². The third-order valence-electron chi connectivity index (χ3n) is 5.18. The lowest BCUT2D eigenvalue weighted by Crippen LogP contribution is -2.46. The third-order valence-corrected chi connectivity index (χ3v) is 5.18. The van der Waals surface area contributed by atoms with E-state index in [-0.39, 0.29) is 24.0 Å². The summed E-state index contributed by atoms with van der Waals surface area (Å²) in [5, 5.41) is 17.4. The predicted molar refractivity (Wildman–Crippen MR) is 110 cm³/mol. The highest BCUT2D eigenvalue weighted by Gasteiger charge is 2.29. The van der Waals surface area contributed by atoms with E-state index in [4.69, 9.17) is 4.74 Å². The Labute approximate surface area is 164 Å². The monoisotopic (exact) mass is 453 g/mol. The molecule has 0 atom stereocenters. The first-order valence-electron chi connectivity index (χ1n) is 9.50. The zero-order valence-corrected chi connectivity index (χ0v) is 17.7. The summed E-state index contributed by atoms with van der Waals surface area (Å²) in [5.41, 5.74) is -0.695. The fourth-order valence-electron chi connectivity index (χ4n) is 3.65. The van der Waals surface area contributed by atoms with Crippen LogP contribution in [0.2, 0.25) is 0 Å². The second-order valence-electron chi connectivity index (χ2n) is 7.18. The van der Waals surface area contributed by atoms with Crippen LogP contribution in [0.25, 0.3) is 0 Å². The van der Waals surface area contributed by atoms with Gasteiger partial charge in [-0.25, -0.2) is 0 Å². The van der Waals surface area contributed by atoms with Crippen LogP contribution in [-0.4, -0.2) is 49.0 Å². The van der Waals surface area contributed by atoms with Crippen molar-refractivity contribution in [1.82, 2.24) is 10.6 Å². The van der Waals surface area contributed by atoms with Gasteiger partial charge >= 0.3 is 0 Å². The number of nitrogens with one attached hydrogen (secondary N) is 2. The maximum Gasteiger partial charge on any atom is 0.191 e. The molecule has 0 amide bonds. The fraction of sp³-hybridized carbons (Fsp3) is 0.944. The molecule has 3 N–H and O–H groups in total. The summed E-state index contributed by atoms with van der Waals surface area (Å²) >= 11 is 0. The van der Waals surface area contributed by atoms with E-state index in [1.54, 1.807) is 0 Å². The summed E-state index contributed by atoms with van der Waals surface area (Å²) < 4.78 is 5.33. The Balaban J connectivity index is 0.00000288. The van der Waals surface area contributed by atoms with Crippen LogP contribution in [0, 0.1) is 5.92 Å². The Hall–Kier alpha value is -0.0800. The summed E-state index contributed by atoms with van der Waals surface area (Å²) in [5.74, 6) is 1.77. The van der Waals surface area contributed by atoms with E-state index >= 15 is 0 Å². The van der Waals surface area contributed by atoms with Crippen molar-refractivity contribution in [1.29, 1.82) is 0 Å². The molecule has 2 rings (SSSR count). The second kappa shape index (κ2) is 11.5. The van der Waals surface area contributed by atoms with E-state index in [2.05, 4.69) is 29.5 Å². The van der Waals surface area contributed by atoms with Crippen molar-refractivity contribution in [3.05, 3.63) is 0 Å². The summed E-state index contributed by atoms with van der Waals surface area (Å²) in [6.45, 7) is 6.93. The van der Waals surface area contributed by atoms with Gasteiger partial charge in [0.1, 0.15) is 0 Å². The molecule has 0 bridgehead atoms. The number of guanidine groups is 1. The molecule has 1 aliphatic carbocycles. The first-order chi connectivity index (χ1) is 11.1. The zero-order valence-electron chi connectivity index (χ0n) is 15.4. The Bertz CT molecular complexity index is 365. The van der Waals surface area contributed by atoms with Crippen molar-refractivity contribution in [2.24, 2.45) is 10.9 Å². The molecule has 1 aliphatic heterocycles. The molecule has 24 heavy (non-hydrogen) atoms. The lowest BCUT2D eigenvalue weighted by Gasteiger charge is -2.32. The molecule has 1 heterocycles. The second-order valence-corrected chi connectivity index (χ2v) is 7.18. The molecule has 0 radical (unpaired) electrons. The van der Waals surface area contributed by atoms with Crippen molar-refractivity contribution in [2.45, 2.75) is 76.9 Å². The van der Waals surface area contributed by atoms with Crippen LogP contribution < -0.4 is 10.6 Å². The molecule has 0 aromatic heterocycles. The summed E-state index contributed by atoms with van der Waals surface area (Å²) in [6, 6.07) is 0.519. The molecule has 2 fully saturated rings. The Morgan fingerprint density at radius 2 is 1.83 bits per heavy atom. The normalized spacial score (nSPS) is 27.2. The maximum absolute atomic E-state index is 10.5. The summed E-state index contributed by atoms with van der Waals surface area (Å²) in [6.07, 6.45) is 9.14. The Kier molecular flexibility index (Phi) is 10.5. The van der Waals surface area contributed by atoms with E-state index in [1.807, 2.05) is 0 Å². The zero-order chi connectivity index (χ0) is 16.5. The minimum Gasteiger partial charge on any atom is -0.388 e. The van der Waals surface area contributed by atoms with Gasteiger partial charge in [0.25, 0.3) is 0 Å². The van der Waals surface area contributed by atoms with Gasteiger partial charge in [-0.15, -0.1) is 24.0 Å². The van der Waals surface area contributed by atoms with Crippen LogP contribution in [-0.2, 0) is 4.74 Å². The number of rotatable bonds is 6. The first kappa shape index (κ1) is 22.0. The quantitative estimate of drug-likeness (QED) is 0.329. The minimum atomic E-state index is -0.695. The van der Waals surface area contributed by atoms with Gasteiger partial charge in [0, 0.05) is 38.6 Å². The van der Waals surface area contributed by atoms with E-state index < -0.39 is 5.60 Å². The van der Waals surface area contributed by atoms with Gasteiger partial charge < -0.3 is 20.5 Å². The molecule has 6 heteroatoms. The van der Waals surface area contributed by atoms with Gasteiger partial charge in [-0.3, -0.25) is 4.99 Å². The van der Waals surface area contributed by atoms with Gasteiger partial charge in [-0.1, -0.05) is 19.8 Å². The van der Waals surface area contributed by atoms with Crippen LogP contribution >= 0.6 is 24.0 Å². The van der Waals surface area contributed by atoms with Crippen LogP contribution in [0.3, 0.4) is 0 Å². The lowest BCUT2D eigenvalue weighted by molar-refractivity contribution is -0.0566. The number of ether oxygens (including phenoxy) is 1. The molecule has 5 nitrogen and oxygen atoms in total. The van der Waals surface area contributed by atoms with Crippen LogP contribution in [0.15, 0.2) is 4.99 Å². The highest BCUT2D eigenvalue weighted by molar-refractivity contribution is 14.0. The average molecular weight is 453 g/mol. The molecule has 0 spiro atoms. The van der Waals surface area contributed by atoms with Gasteiger partial charge in [-0.2, -0.15) is 0 Å². The number of aliphatic hydroxyl groups is 1. The number of hydrogen-bond acceptors (Lipinski definition) is 3. The molecule has 0 aromatic carbocycles. The fourth-order valence-corrected chi connectivity index (χ4v) is 3.65. The minimum absolute atomic E-state index is 0. The lowest BCUT2D eigenvalue weighted by atomic mass is 9.83. The molecular formula is C18H36IN3O2. The highest BCUT2D eigenvalue weighted by Crippen LogP contribution is 2.27. The average Bonchev–Trinajstić information content (AvgIpc) is 2.56. The Morgan fingerprint density at radius 1 is 1.17 bits per heavy atom. The molecule has 1 saturated carbocycles. The van der Waals surface area contributed by atoms with Gasteiger partial charge in [0.05, 0.1) is 12.1 Å². The number of hydrogen-bond donors (Lipinski definition) is 3. The molecule has 0 aromatic rings. The van der Waals surface area contributed by atoms with Gasteiger partial charge in [0.2, 0.25) is 0 Å². The number of halogens is 1. The van der Waals surface area contributed by atoms with Crippen LogP contribution in [0.4, 0.5) is 0 Å². The van der Waals surface area contributed by atoms with Crippen molar-refractivity contribution < 1.29 is 9.84 Å². The van der Waals surface area contributed by atoms with Crippen molar-refractivity contribution in [3.63, 3.8) is 0 Å². The van der Waals surface area contributed by atoms with Crippen LogP contribution in [0.5, 0.6) is 0 Å². The third kappa shape index (κ3) is 7.44. The molecule has 0 unspecified atom stereocenters. The highest BCUT2D eigenvalue weighted by atomic mass is 127. The van der Waals surface area contributed by atoms with E-state index in [0.29, 0.717) is 38.6 Å². The largest absolute Gasteiger partial charge is 0.388 e. The number of nitrogens with zero attached hydrogens (tertiary/aromatic N) is 1. The number of aliphatic imine (C=N–C) groups is 1. The predicted octanol–water partition coefficient (Wildman–Crippen LogP) is 3.06. The standard InChI is InChI=1S/C18H35N3O2.HI/c1-3-5-15-6-8-16(9-7-15)21-17(19-4-2)20-14-18(22)10-12-23-13-11-18;/h15-16,22H,3-14H2,1-2H3,(H2,19,20,21);1H. The molecule has 2 aliphatic rings. The molecular weight excluding hydrogens is 417 g/mol. The van der Waals surface area contributed by atoms with E-state index in [1.165, 1.54) is 38.5 Å². The van der Waals surface area contributed by atoms with Crippen LogP contribution in [0.1, 0.15) is 65.2 Å². The smallest absolute Gasteiger partial charge is 0.191 e. The van der Waals surface area contributed by atoms with Crippen molar-refractivity contribution in [3.8, 4) is 0 Å². The van der Waals surface area contributed by atoms with E-state index in [0.717, 1.165) is 18.4 Å². The molecule has 142 valence electrons. The van der Waals surface area contributed by atoms with Gasteiger partial charge in [0.15, 0.2) is 5.96 Å². The summed E-state index contributed by atoms with van der Waals surface area (Å²) in [4.78, 5) is 4.65. The SMILES string of the molecule is CCCC1CCC(NC(=NCC2(O)CCOCC2)NCC)CC1.I. The first-order valence-corrected chi connectivity index (χ1v) is 9.50. The summed E-state index contributed by atoms with van der Waals surface area (Å²) in [7, 11) is 0. The Morgan fingerprint density at radius 3 is 2.42 bits per heavy atom. The maximum atomic E-state index is 10.5. The van der Waals surface area contributed by atoms with Gasteiger partial charge in [-0.05, 0) is 38.5 Å². The van der Waals surface area contributed by atoms with E-state index in [9.17, 15) is 5.11 Å². The topological polar surface area (TPSA) is 65.9 Å².